The second kappa shape index (κ2) is 7.04. The summed E-state index contributed by atoms with van der Waals surface area (Å²) in [6.45, 7) is 0. The van der Waals surface area contributed by atoms with Crippen molar-refractivity contribution in [3.8, 4) is 11.5 Å². The van der Waals surface area contributed by atoms with Gasteiger partial charge in [-0.05, 0) is 25.0 Å². The molecule has 1 heterocycles. The monoisotopic (exact) mass is 335 g/mol. The van der Waals surface area contributed by atoms with Crippen LogP contribution in [0.4, 0.5) is 9.93 Å². The zero-order chi connectivity index (χ0) is 16.2. The molecule has 0 atom stereocenters. The van der Waals surface area contributed by atoms with Gasteiger partial charge in [-0.1, -0.05) is 30.6 Å². The summed E-state index contributed by atoms with van der Waals surface area (Å²) in [6.07, 6.45) is 5.72. The lowest BCUT2D eigenvalue weighted by molar-refractivity contribution is 0.244. The molecule has 2 N–H and O–H groups in total. The molecule has 1 fully saturated rings. The molecule has 0 bridgehead atoms. The van der Waals surface area contributed by atoms with E-state index in [2.05, 4.69) is 15.6 Å². The van der Waals surface area contributed by atoms with Gasteiger partial charge in [-0.3, -0.25) is 5.32 Å². The van der Waals surface area contributed by atoms with Crippen molar-refractivity contribution in [2.45, 2.75) is 38.1 Å². The molecule has 1 aromatic heterocycles. The number of nitrogens with zero attached hydrogens (tertiary/aromatic N) is 1. The highest BCUT2D eigenvalue weighted by Crippen LogP contribution is 2.38. The van der Waals surface area contributed by atoms with Gasteiger partial charge < -0.3 is 14.8 Å². The number of amides is 2. The van der Waals surface area contributed by atoms with E-state index in [1.807, 2.05) is 12.1 Å². The van der Waals surface area contributed by atoms with Gasteiger partial charge in [0.25, 0.3) is 0 Å². The number of methoxy groups -OCH3 is 2. The largest absolute Gasteiger partial charge is 0.495 e. The summed E-state index contributed by atoms with van der Waals surface area (Å²) in [5.74, 6) is 1.39. The molecule has 1 aliphatic rings. The Morgan fingerprint density at radius 3 is 2.57 bits per heavy atom. The highest BCUT2D eigenvalue weighted by molar-refractivity contribution is 7.22. The average Bonchev–Trinajstić information content (AvgIpc) is 2.98. The SMILES string of the molecule is COc1ccc(OC)c2sc(NC(=O)NC3CCCCC3)nc12. The second-order valence-electron chi connectivity index (χ2n) is 5.60. The van der Waals surface area contributed by atoms with Crippen LogP contribution in [-0.4, -0.2) is 31.3 Å². The zero-order valence-corrected chi connectivity index (χ0v) is 14.2. The predicted molar refractivity (Wildman–Crippen MR) is 91.8 cm³/mol. The van der Waals surface area contributed by atoms with Crippen LogP contribution in [0.15, 0.2) is 12.1 Å². The van der Waals surface area contributed by atoms with Crippen LogP contribution < -0.4 is 20.1 Å². The summed E-state index contributed by atoms with van der Waals surface area (Å²) in [5.41, 5.74) is 0.699. The van der Waals surface area contributed by atoms with E-state index in [-0.39, 0.29) is 12.1 Å². The predicted octanol–water partition coefficient (Wildman–Crippen LogP) is 3.77. The number of benzene rings is 1. The number of thiazole rings is 1. The van der Waals surface area contributed by atoms with Gasteiger partial charge in [0.15, 0.2) is 5.13 Å². The molecule has 1 saturated carbocycles. The number of rotatable bonds is 4. The fourth-order valence-corrected chi connectivity index (χ4v) is 3.87. The topological polar surface area (TPSA) is 72.5 Å². The minimum Gasteiger partial charge on any atom is -0.495 e. The third-order valence-electron chi connectivity index (χ3n) is 4.07. The summed E-state index contributed by atoms with van der Waals surface area (Å²) in [4.78, 5) is 16.6. The van der Waals surface area contributed by atoms with Crippen LogP contribution in [0.2, 0.25) is 0 Å². The van der Waals surface area contributed by atoms with E-state index in [4.69, 9.17) is 9.47 Å². The number of urea groups is 1. The molecule has 1 aromatic carbocycles. The fraction of sp³-hybridized carbons (Fsp3) is 0.500. The first-order valence-electron chi connectivity index (χ1n) is 7.80. The zero-order valence-electron chi connectivity index (χ0n) is 13.3. The van der Waals surface area contributed by atoms with Crippen molar-refractivity contribution in [2.24, 2.45) is 0 Å². The lowest BCUT2D eigenvalue weighted by Crippen LogP contribution is -2.38. The van der Waals surface area contributed by atoms with E-state index in [1.165, 1.54) is 30.6 Å². The molecule has 0 unspecified atom stereocenters. The van der Waals surface area contributed by atoms with Gasteiger partial charge in [0.2, 0.25) is 0 Å². The van der Waals surface area contributed by atoms with Crippen LogP contribution in [0.3, 0.4) is 0 Å². The van der Waals surface area contributed by atoms with Crippen LogP contribution in [-0.2, 0) is 0 Å². The minimum absolute atomic E-state index is 0.200. The van der Waals surface area contributed by atoms with Crippen LogP contribution in [0, 0.1) is 0 Å². The molecule has 6 nitrogen and oxygen atoms in total. The average molecular weight is 335 g/mol. The summed E-state index contributed by atoms with van der Waals surface area (Å²) in [5, 5.41) is 6.39. The van der Waals surface area contributed by atoms with Crippen LogP contribution in [0.1, 0.15) is 32.1 Å². The molecule has 124 valence electrons. The van der Waals surface area contributed by atoms with Crippen LogP contribution in [0.25, 0.3) is 10.2 Å². The molecular weight excluding hydrogens is 314 g/mol. The van der Waals surface area contributed by atoms with Gasteiger partial charge in [0.05, 0.1) is 14.2 Å². The lowest BCUT2D eigenvalue weighted by Gasteiger charge is -2.22. The van der Waals surface area contributed by atoms with Crippen molar-refractivity contribution in [1.29, 1.82) is 0 Å². The summed E-state index contributed by atoms with van der Waals surface area (Å²) in [7, 11) is 3.22. The number of fused-ring (bicyclic) bond motifs is 1. The third-order valence-corrected chi connectivity index (χ3v) is 5.06. The van der Waals surface area contributed by atoms with E-state index in [9.17, 15) is 4.79 Å². The lowest BCUT2D eigenvalue weighted by atomic mass is 9.96. The van der Waals surface area contributed by atoms with E-state index in [0.717, 1.165) is 23.3 Å². The van der Waals surface area contributed by atoms with Crippen LogP contribution >= 0.6 is 11.3 Å². The summed E-state index contributed by atoms with van der Waals surface area (Å²) < 4.78 is 11.5. The number of carbonyl (C=O) groups is 1. The summed E-state index contributed by atoms with van der Waals surface area (Å²) >= 11 is 1.38. The number of hydrogen-bond donors (Lipinski definition) is 2. The first-order valence-corrected chi connectivity index (χ1v) is 8.62. The summed E-state index contributed by atoms with van der Waals surface area (Å²) in [6, 6.07) is 3.72. The molecule has 2 aromatic rings. The number of ether oxygens (including phenoxy) is 2. The first kappa shape index (κ1) is 15.9. The van der Waals surface area contributed by atoms with Gasteiger partial charge in [0, 0.05) is 6.04 Å². The van der Waals surface area contributed by atoms with E-state index in [1.54, 1.807) is 14.2 Å². The number of hydrogen-bond acceptors (Lipinski definition) is 5. The molecule has 23 heavy (non-hydrogen) atoms. The van der Waals surface area contributed by atoms with E-state index < -0.39 is 0 Å². The highest BCUT2D eigenvalue weighted by atomic mass is 32.1. The van der Waals surface area contributed by atoms with Crippen molar-refractivity contribution in [2.75, 3.05) is 19.5 Å². The molecule has 0 spiro atoms. The van der Waals surface area contributed by atoms with E-state index >= 15 is 0 Å². The highest BCUT2D eigenvalue weighted by Gasteiger charge is 2.18. The van der Waals surface area contributed by atoms with Gasteiger partial charge in [-0.25, -0.2) is 9.78 Å². The fourth-order valence-electron chi connectivity index (χ4n) is 2.90. The smallest absolute Gasteiger partial charge is 0.321 e. The number of anilines is 1. The van der Waals surface area contributed by atoms with Gasteiger partial charge in [-0.15, -0.1) is 0 Å². The van der Waals surface area contributed by atoms with Gasteiger partial charge in [-0.2, -0.15) is 0 Å². The Morgan fingerprint density at radius 2 is 1.87 bits per heavy atom. The van der Waals surface area contributed by atoms with Crippen molar-refractivity contribution in [3.63, 3.8) is 0 Å². The standard InChI is InChI=1S/C16H21N3O3S/c1-21-11-8-9-12(22-2)14-13(11)18-16(23-14)19-15(20)17-10-6-4-3-5-7-10/h8-10H,3-7H2,1-2H3,(H2,17,18,19,20). The third kappa shape index (κ3) is 3.50. The van der Waals surface area contributed by atoms with Crippen molar-refractivity contribution >= 4 is 32.7 Å². The molecule has 7 heteroatoms. The van der Waals surface area contributed by atoms with Gasteiger partial charge in [0.1, 0.15) is 21.7 Å². The molecule has 0 radical (unpaired) electrons. The first-order chi connectivity index (χ1) is 11.2. The van der Waals surface area contributed by atoms with Crippen molar-refractivity contribution in [3.05, 3.63) is 12.1 Å². The Morgan fingerprint density at radius 1 is 1.17 bits per heavy atom. The van der Waals surface area contributed by atoms with Crippen molar-refractivity contribution < 1.29 is 14.3 Å². The minimum atomic E-state index is -0.200. The van der Waals surface area contributed by atoms with Crippen LogP contribution in [0.5, 0.6) is 11.5 Å². The van der Waals surface area contributed by atoms with E-state index in [0.29, 0.717) is 16.4 Å². The number of nitrogens with one attached hydrogen (secondary N) is 2. The molecule has 2 amide bonds. The van der Waals surface area contributed by atoms with Gasteiger partial charge >= 0.3 is 6.03 Å². The second-order valence-corrected chi connectivity index (χ2v) is 6.60. The number of carbonyl (C=O) groups excluding carboxylic acids is 1. The Labute approximate surface area is 139 Å². The molecule has 1 aliphatic carbocycles. The molecular formula is C16H21N3O3S. The quantitative estimate of drug-likeness (QED) is 0.892. The maximum absolute atomic E-state index is 12.1. The Bertz CT molecular complexity index is 654. The molecule has 3 rings (SSSR count). The normalized spacial score (nSPS) is 15.4. The molecule has 0 aliphatic heterocycles. The maximum Gasteiger partial charge on any atom is 0.321 e. The van der Waals surface area contributed by atoms with Crippen molar-refractivity contribution in [1.82, 2.24) is 10.3 Å². The molecule has 0 saturated heterocycles. The Balaban J connectivity index is 1.76. The maximum atomic E-state index is 12.1. The Hall–Kier alpha value is -2.02. The number of aromatic nitrogens is 1. The Kier molecular flexibility index (Phi) is 4.85.